The van der Waals surface area contributed by atoms with E-state index in [-0.39, 0.29) is 21.3 Å². The highest BCUT2D eigenvalue weighted by atomic mass is 32.2. The number of thioether (sulfide) groups is 1. The number of amides is 1. The highest BCUT2D eigenvalue weighted by molar-refractivity contribution is 8.27. The predicted molar refractivity (Wildman–Crippen MR) is 110 cm³/mol. The van der Waals surface area contributed by atoms with Crippen molar-refractivity contribution >= 4 is 51.9 Å². The van der Waals surface area contributed by atoms with Gasteiger partial charge in [-0.05, 0) is 36.4 Å². The molecule has 2 aromatic rings. The van der Waals surface area contributed by atoms with Gasteiger partial charge in [0.25, 0.3) is 5.91 Å². The Kier molecular flexibility index (Phi) is 5.57. The fourth-order valence-corrected chi connectivity index (χ4v) is 3.89. The van der Waals surface area contributed by atoms with Crippen LogP contribution in [0.15, 0.2) is 41.3 Å². The summed E-state index contributed by atoms with van der Waals surface area (Å²) >= 11 is 6.39. The molecule has 1 aliphatic heterocycles. The van der Waals surface area contributed by atoms with Gasteiger partial charge < -0.3 is 19.7 Å². The smallest absolute Gasteiger partial charge is 0.339 e. The third-order valence-corrected chi connectivity index (χ3v) is 5.29. The number of carbonyl (C=O) groups excluding carboxylic acids is 1. The van der Waals surface area contributed by atoms with Gasteiger partial charge in [0.05, 0.1) is 24.8 Å². The molecule has 1 fully saturated rings. The summed E-state index contributed by atoms with van der Waals surface area (Å²) in [5.74, 6) is -0.937. The molecular formula is C19H15NO6S2. The number of aromatic carboxylic acids is 1. The van der Waals surface area contributed by atoms with Crippen LogP contribution in [0, 0.1) is 0 Å². The first-order chi connectivity index (χ1) is 13.3. The molecule has 0 unspecified atom stereocenters. The maximum atomic E-state index is 12.9. The molecule has 3 rings (SSSR count). The van der Waals surface area contributed by atoms with E-state index in [1.54, 1.807) is 31.4 Å². The summed E-state index contributed by atoms with van der Waals surface area (Å²) in [4.78, 5) is 25.7. The summed E-state index contributed by atoms with van der Waals surface area (Å²) in [5, 5.41) is 18.8. The van der Waals surface area contributed by atoms with Gasteiger partial charge in [-0.15, -0.1) is 0 Å². The molecule has 1 amide bonds. The van der Waals surface area contributed by atoms with Crippen molar-refractivity contribution in [2.24, 2.45) is 0 Å². The molecule has 7 nitrogen and oxygen atoms in total. The van der Waals surface area contributed by atoms with Crippen molar-refractivity contribution in [2.45, 2.75) is 0 Å². The summed E-state index contributed by atoms with van der Waals surface area (Å²) in [6, 6.07) is 9.06. The number of anilines is 1. The van der Waals surface area contributed by atoms with E-state index in [4.69, 9.17) is 21.7 Å². The molecule has 1 saturated heterocycles. The van der Waals surface area contributed by atoms with Crippen LogP contribution in [0.1, 0.15) is 15.9 Å². The number of carbonyl (C=O) groups is 2. The van der Waals surface area contributed by atoms with E-state index in [1.165, 1.54) is 30.2 Å². The minimum atomic E-state index is -1.30. The van der Waals surface area contributed by atoms with Crippen LogP contribution in [-0.2, 0) is 4.79 Å². The fraction of sp³-hybridized carbons (Fsp3) is 0.105. The minimum absolute atomic E-state index is 0.255. The normalized spacial score (nSPS) is 15.2. The van der Waals surface area contributed by atoms with Crippen molar-refractivity contribution in [1.82, 2.24) is 0 Å². The van der Waals surface area contributed by atoms with Crippen molar-refractivity contribution in [1.29, 1.82) is 0 Å². The Morgan fingerprint density at radius 3 is 2.57 bits per heavy atom. The average Bonchev–Trinajstić information content (AvgIpc) is 2.95. The van der Waals surface area contributed by atoms with E-state index in [1.807, 2.05) is 0 Å². The monoisotopic (exact) mass is 417 g/mol. The van der Waals surface area contributed by atoms with Gasteiger partial charge in [0.1, 0.15) is 22.8 Å². The zero-order valence-corrected chi connectivity index (χ0v) is 16.5. The van der Waals surface area contributed by atoms with Crippen molar-refractivity contribution in [3.63, 3.8) is 0 Å². The molecule has 2 N–H and O–H groups in total. The molecule has 1 aliphatic rings. The Balaban J connectivity index is 1.98. The zero-order valence-electron chi connectivity index (χ0n) is 14.8. The Morgan fingerprint density at radius 1 is 1.18 bits per heavy atom. The van der Waals surface area contributed by atoms with Crippen LogP contribution in [0.4, 0.5) is 5.69 Å². The van der Waals surface area contributed by atoms with Crippen molar-refractivity contribution in [3.05, 3.63) is 52.4 Å². The number of hydrogen-bond donors (Lipinski definition) is 2. The van der Waals surface area contributed by atoms with Crippen LogP contribution in [0.3, 0.4) is 0 Å². The number of methoxy groups -OCH3 is 2. The summed E-state index contributed by atoms with van der Waals surface area (Å²) in [7, 11) is 3.06. The van der Waals surface area contributed by atoms with E-state index >= 15 is 0 Å². The van der Waals surface area contributed by atoms with E-state index in [0.29, 0.717) is 22.0 Å². The molecule has 0 spiro atoms. The Hall–Kier alpha value is -3.04. The molecule has 144 valence electrons. The number of ether oxygens (including phenoxy) is 2. The fourth-order valence-electron chi connectivity index (χ4n) is 2.60. The number of nitrogens with zero attached hydrogens (tertiary/aromatic N) is 1. The van der Waals surface area contributed by atoms with Gasteiger partial charge in [-0.2, -0.15) is 0 Å². The van der Waals surface area contributed by atoms with E-state index in [9.17, 15) is 19.8 Å². The van der Waals surface area contributed by atoms with Crippen LogP contribution in [0.2, 0.25) is 0 Å². The molecule has 0 radical (unpaired) electrons. The lowest BCUT2D eigenvalue weighted by atomic mass is 10.1. The minimum Gasteiger partial charge on any atom is -0.507 e. The summed E-state index contributed by atoms with van der Waals surface area (Å²) in [5.41, 5.74) is 0.621. The van der Waals surface area contributed by atoms with Gasteiger partial charge >= 0.3 is 5.97 Å². The zero-order chi connectivity index (χ0) is 20.4. The highest BCUT2D eigenvalue weighted by Crippen LogP contribution is 2.38. The molecule has 0 saturated carbocycles. The number of carboxylic acids is 1. The molecule has 0 bridgehead atoms. The lowest BCUT2D eigenvalue weighted by molar-refractivity contribution is -0.113. The molecular weight excluding hydrogens is 402 g/mol. The first-order valence-electron chi connectivity index (χ1n) is 7.92. The van der Waals surface area contributed by atoms with Crippen LogP contribution in [0.5, 0.6) is 17.2 Å². The molecule has 0 atom stereocenters. The molecule has 1 heterocycles. The van der Waals surface area contributed by atoms with Gasteiger partial charge in [0.15, 0.2) is 4.32 Å². The second-order valence-electron chi connectivity index (χ2n) is 5.63. The third-order valence-electron chi connectivity index (χ3n) is 3.99. The Labute approximate surface area is 170 Å². The van der Waals surface area contributed by atoms with Gasteiger partial charge in [0, 0.05) is 11.6 Å². The van der Waals surface area contributed by atoms with E-state index < -0.39 is 11.9 Å². The molecule has 28 heavy (non-hydrogen) atoms. The molecule has 0 aromatic heterocycles. The first-order valence-corrected chi connectivity index (χ1v) is 9.14. The van der Waals surface area contributed by atoms with Crippen molar-refractivity contribution in [3.8, 4) is 17.2 Å². The summed E-state index contributed by atoms with van der Waals surface area (Å²) < 4.78 is 10.8. The van der Waals surface area contributed by atoms with Crippen LogP contribution < -0.4 is 14.4 Å². The third kappa shape index (κ3) is 3.67. The molecule has 9 heteroatoms. The van der Waals surface area contributed by atoms with Crippen molar-refractivity contribution < 1.29 is 29.3 Å². The topological polar surface area (TPSA) is 96.3 Å². The van der Waals surface area contributed by atoms with Crippen LogP contribution >= 0.6 is 24.0 Å². The standard InChI is InChI=1S/C19H15NO6S2/c1-25-12-5-3-10(15(9-12)26-2)7-16-17(22)20(19(27)28-16)11-4-6-14(21)13(8-11)18(23)24/h3-9,21H,1-2H3,(H,23,24)/b16-7-. The average molecular weight is 417 g/mol. The maximum absolute atomic E-state index is 12.9. The second-order valence-corrected chi connectivity index (χ2v) is 7.31. The Bertz CT molecular complexity index is 1020. The number of phenols is 1. The molecule has 2 aromatic carbocycles. The quantitative estimate of drug-likeness (QED) is 0.564. The number of rotatable bonds is 5. The number of thiocarbonyl (C=S) groups is 1. The number of aromatic hydroxyl groups is 1. The van der Waals surface area contributed by atoms with Crippen molar-refractivity contribution in [2.75, 3.05) is 19.1 Å². The van der Waals surface area contributed by atoms with Crippen LogP contribution in [-0.4, -0.2) is 40.6 Å². The summed E-state index contributed by atoms with van der Waals surface area (Å²) in [6.45, 7) is 0. The Morgan fingerprint density at radius 2 is 1.93 bits per heavy atom. The largest absolute Gasteiger partial charge is 0.507 e. The SMILES string of the molecule is COc1ccc(/C=C2\SC(=S)N(c3ccc(O)c(C(=O)O)c3)C2=O)c(OC)c1. The second kappa shape index (κ2) is 7.91. The molecule has 0 aliphatic carbocycles. The van der Waals surface area contributed by atoms with Gasteiger partial charge in [-0.25, -0.2) is 4.79 Å². The van der Waals surface area contributed by atoms with Gasteiger partial charge in [0.2, 0.25) is 0 Å². The van der Waals surface area contributed by atoms with Crippen LogP contribution in [0.25, 0.3) is 6.08 Å². The predicted octanol–water partition coefficient (Wildman–Crippen LogP) is 3.51. The first kappa shape index (κ1) is 19.7. The van der Waals surface area contributed by atoms with Gasteiger partial charge in [-0.3, -0.25) is 9.69 Å². The van der Waals surface area contributed by atoms with E-state index in [0.717, 1.165) is 11.8 Å². The maximum Gasteiger partial charge on any atom is 0.339 e. The number of carboxylic acid groups (broad SMARTS) is 1. The van der Waals surface area contributed by atoms with E-state index in [2.05, 4.69) is 0 Å². The number of benzene rings is 2. The lowest BCUT2D eigenvalue weighted by Crippen LogP contribution is -2.27. The number of hydrogen-bond acceptors (Lipinski definition) is 7. The summed E-state index contributed by atoms with van der Waals surface area (Å²) in [6.07, 6.45) is 1.65. The highest BCUT2D eigenvalue weighted by Gasteiger charge is 2.34. The van der Waals surface area contributed by atoms with Gasteiger partial charge in [-0.1, -0.05) is 24.0 Å². The lowest BCUT2D eigenvalue weighted by Gasteiger charge is -2.15.